The van der Waals surface area contributed by atoms with Gasteiger partial charge in [0, 0.05) is 10.4 Å². The summed E-state index contributed by atoms with van der Waals surface area (Å²) in [7, 11) is 0. The van der Waals surface area contributed by atoms with E-state index in [1.165, 1.54) is 17.4 Å². The van der Waals surface area contributed by atoms with Gasteiger partial charge >= 0.3 is 0 Å². The van der Waals surface area contributed by atoms with Gasteiger partial charge < -0.3 is 5.11 Å². The van der Waals surface area contributed by atoms with Gasteiger partial charge in [0.15, 0.2) is 0 Å². The molecule has 0 fully saturated rings. The van der Waals surface area contributed by atoms with Crippen molar-refractivity contribution in [3.8, 4) is 0 Å². The number of halogens is 1. The Labute approximate surface area is 98.2 Å². The number of hydrogen-bond acceptors (Lipinski definition) is 2. The molecule has 1 unspecified atom stereocenters. The lowest BCUT2D eigenvalue weighted by Gasteiger charge is -2.12. The number of thiophene rings is 1. The van der Waals surface area contributed by atoms with Crippen LogP contribution >= 0.6 is 11.3 Å². The smallest absolute Gasteiger partial charge is 0.129 e. The summed E-state index contributed by atoms with van der Waals surface area (Å²) in [6.45, 7) is 3.81. The molecule has 1 heterocycles. The van der Waals surface area contributed by atoms with E-state index in [-0.39, 0.29) is 5.82 Å². The monoisotopic (exact) mass is 236 g/mol. The first-order valence-corrected chi connectivity index (χ1v) is 5.95. The summed E-state index contributed by atoms with van der Waals surface area (Å²) in [4.78, 5) is 0.810. The Kier molecular flexibility index (Phi) is 3.08. The average molecular weight is 236 g/mol. The molecule has 1 nitrogen and oxygen atoms in total. The van der Waals surface area contributed by atoms with E-state index in [0.29, 0.717) is 5.56 Å². The van der Waals surface area contributed by atoms with Crippen molar-refractivity contribution in [1.82, 2.24) is 0 Å². The second-order valence-corrected chi connectivity index (χ2v) is 4.84. The second kappa shape index (κ2) is 4.36. The van der Waals surface area contributed by atoms with Crippen LogP contribution in [0.25, 0.3) is 0 Å². The predicted molar refractivity (Wildman–Crippen MR) is 64.3 cm³/mol. The molecule has 0 radical (unpaired) electrons. The third-order valence-corrected chi connectivity index (χ3v) is 3.67. The zero-order valence-electron chi connectivity index (χ0n) is 9.20. The molecule has 16 heavy (non-hydrogen) atoms. The highest BCUT2D eigenvalue weighted by Crippen LogP contribution is 2.30. The molecule has 0 amide bonds. The topological polar surface area (TPSA) is 20.2 Å². The summed E-state index contributed by atoms with van der Waals surface area (Å²) < 4.78 is 13.6. The van der Waals surface area contributed by atoms with Gasteiger partial charge in [0.2, 0.25) is 0 Å². The fourth-order valence-corrected chi connectivity index (χ4v) is 2.61. The molecule has 1 aromatic carbocycles. The molecule has 0 aliphatic rings. The molecule has 3 heteroatoms. The summed E-state index contributed by atoms with van der Waals surface area (Å²) in [6, 6.07) is 6.72. The van der Waals surface area contributed by atoms with Crippen molar-refractivity contribution in [1.29, 1.82) is 0 Å². The number of aryl methyl sites for hydroxylation is 2. The van der Waals surface area contributed by atoms with Crippen LogP contribution in [0.15, 0.2) is 29.6 Å². The van der Waals surface area contributed by atoms with Crippen LogP contribution in [-0.2, 0) is 0 Å². The SMILES string of the molecule is Cc1ccc(F)c(C(O)c2sccc2C)c1. The fraction of sp³-hybridized carbons (Fsp3) is 0.231. The minimum Gasteiger partial charge on any atom is -0.383 e. The normalized spacial score (nSPS) is 12.8. The number of benzene rings is 1. The van der Waals surface area contributed by atoms with Gasteiger partial charge in [0.1, 0.15) is 11.9 Å². The van der Waals surface area contributed by atoms with Crippen molar-refractivity contribution >= 4 is 11.3 Å². The Morgan fingerprint density at radius 1 is 1.25 bits per heavy atom. The van der Waals surface area contributed by atoms with Crippen molar-refractivity contribution in [2.75, 3.05) is 0 Å². The number of hydrogen-bond donors (Lipinski definition) is 1. The first-order chi connectivity index (χ1) is 7.59. The van der Waals surface area contributed by atoms with Crippen molar-refractivity contribution in [2.45, 2.75) is 20.0 Å². The van der Waals surface area contributed by atoms with Gasteiger partial charge in [-0.15, -0.1) is 11.3 Å². The molecule has 0 bridgehead atoms. The Balaban J connectivity index is 2.45. The summed E-state index contributed by atoms with van der Waals surface area (Å²) >= 11 is 1.45. The molecule has 0 saturated heterocycles. The highest BCUT2D eigenvalue weighted by atomic mass is 32.1. The third kappa shape index (κ3) is 2.01. The van der Waals surface area contributed by atoms with Crippen LogP contribution < -0.4 is 0 Å². The zero-order chi connectivity index (χ0) is 11.7. The Hall–Kier alpha value is -1.19. The van der Waals surface area contributed by atoms with E-state index in [1.807, 2.05) is 25.3 Å². The van der Waals surface area contributed by atoms with Gasteiger partial charge in [0.05, 0.1) is 0 Å². The van der Waals surface area contributed by atoms with E-state index >= 15 is 0 Å². The summed E-state index contributed by atoms with van der Waals surface area (Å²) in [5.41, 5.74) is 2.30. The van der Waals surface area contributed by atoms with Crippen molar-refractivity contribution in [3.05, 3.63) is 57.0 Å². The molecule has 0 aliphatic carbocycles. The first kappa shape index (κ1) is 11.3. The molecule has 0 saturated carbocycles. The quantitative estimate of drug-likeness (QED) is 0.845. The number of aliphatic hydroxyl groups is 1. The molecule has 84 valence electrons. The van der Waals surface area contributed by atoms with E-state index in [0.717, 1.165) is 16.0 Å². The van der Waals surface area contributed by atoms with E-state index in [9.17, 15) is 9.50 Å². The minimum absolute atomic E-state index is 0.352. The van der Waals surface area contributed by atoms with E-state index in [4.69, 9.17) is 0 Å². The van der Waals surface area contributed by atoms with Crippen LogP contribution in [0.2, 0.25) is 0 Å². The molecule has 1 aromatic heterocycles. The third-order valence-electron chi connectivity index (χ3n) is 2.60. The van der Waals surface area contributed by atoms with Crippen LogP contribution in [0.3, 0.4) is 0 Å². The molecule has 1 N–H and O–H groups in total. The molecule has 2 rings (SSSR count). The maximum absolute atomic E-state index is 13.6. The van der Waals surface area contributed by atoms with E-state index < -0.39 is 6.10 Å². The fourth-order valence-electron chi connectivity index (χ4n) is 1.68. The van der Waals surface area contributed by atoms with Crippen LogP contribution in [0.4, 0.5) is 4.39 Å². The lowest BCUT2D eigenvalue weighted by molar-refractivity contribution is 0.218. The summed E-state index contributed by atoms with van der Waals surface area (Å²) in [6.07, 6.45) is -0.861. The van der Waals surface area contributed by atoms with Crippen molar-refractivity contribution in [2.24, 2.45) is 0 Å². The standard InChI is InChI=1S/C13H13FOS/c1-8-3-4-11(14)10(7-8)12(15)13-9(2)5-6-16-13/h3-7,12,15H,1-2H3. The first-order valence-electron chi connectivity index (χ1n) is 5.07. The van der Waals surface area contributed by atoms with Crippen molar-refractivity contribution < 1.29 is 9.50 Å². The van der Waals surface area contributed by atoms with Crippen molar-refractivity contribution in [3.63, 3.8) is 0 Å². The maximum atomic E-state index is 13.6. The molecule has 0 aliphatic heterocycles. The van der Waals surface area contributed by atoms with Gasteiger partial charge in [-0.2, -0.15) is 0 Å². The average Bonchev–Trinajstić information content (AvgIpc) is 2.67. The Bertz CT molecular complexity index is 504. The maximum Gasteiger partial charge on any atom is 0.129 e. The predicted octanol–water partition coefficient (Wildman–Crippen LogP) is 3.59. The van der Waals surface area contributed by atoms with Crippen LogP contribution in [0, 0.1) is 19.7 Å². The largest absolute Gasteiger partial charge is 0.383 e. The lowest BCUT2D eigenvalue weighted by atomic mass is 10.0. The molecular weight excluding hydrogens is 223 g/mol. The van der Waals surface area contributed by atoms with E-state index in [2.05, 4.69) is 0 Å². The van der Waals surface area contributed by atoms with Gasteiger partial charge in [-0.1, -0.05) is 17.7 Å². The minimum atomic E-state index is -0.861. The zero-order valence-corrected chi connectivity index (χ0v) is 10.0. The highest BCUT2D eigenvalue weighted by Gasteiger charge is 2.17. The number of rotatable bonds is 2. The van der Waals surface area contributed by atoms with Crippen LogP contribution in [0.5, 0.6) is 0 Å². The van der Waals surface area contributed by atoms with Gasteiger partial charge in [-0.25, -0.2) is 4.39 Å². The van der Waals surface area contributed by atoms with E-state index in [1.54, 1.807) is 12.1 Å². The summed E-state index contributed by atoms with van der Waals surface area (Å²) in [5.74, 6) is -0.356. The molecular formula is C13H13FOS. The van der Waals surface area contributed by atoms with Gasteiger partial charge in [-0.05, 0) is 36.9 Å². The molecule has 0 spiro atoms. The molecule has 1 atom stereocenters. The second-order valence-electron chi connectivity index (χ2n) is 3.90. The Morgan fingerprint density at radius 2 is 2.00 bits per heavy atom. The Morgan fingerprint density at radius 3 is 2.62 bits per heavy atom. The highest BCUT2D eigenvalue weighted by molar-refractivity contribution is 7.10. The molecule has 2 aromatic rings. The van der Waals surface area contributed by atoms with Crippen LogP contribution in [0.1, 0.15) is 27.7 Å². The number of aliphatic hydroxyl groups excluding tert-OH is 1. The summed E-state index contributed by atoms with van der Waals surface area (Å²) in [5, 5.41) is 12.0. The van der Waals surface area contributed by atoms with Gasteiger partial charge in [-0.3, -0.25) is 0 Å². The van der Waals surface area contributed by atoms with Crippen LogP contribution in [-0.4, -0.2) is 5.11 Å². The lowest BCUT2D eigenvalue weighted by Crippen LogP contribution is -2.02. The van der Waals surface area contributed by atoms with Gasteiger partial charge in [0.25, 0.3) is 0 Å².